The second-order valence-electron chi connectivity index (χ2n) is 4.28. The van der Waals surface area contributed by atoms with Crippen LogP contribution in [0.1, 0.15) is 28.7 Å². The molecule has 0 saturated heterocycles. The molecule has 0 bridgehead atoms. The molecular formula is C16H17NO3. The summed E-state index contributed by atoms with van der Waals surface area (Å²) in [6.45, 7) is 4.63. The summed E-state index contributed by atoms with van der Waals surface area (Å²) in [6.07, 6.45) is 0.765. The molecule has 1 heterocycles. The monoisotopic (exact) mass is 271 g/mol. The van der Waals surface area contributed by atoms with Gasteiger partial charge in [0, 0.05) is 5.69 Å². The van der Waals surface area contributed by atoms with E-state index >= 15 is 0 Å². The van der Waals surface area contributed by atoms with Gasteiger partial charge in [0.2, 0.25) is 0 Å². The van der Waals surface area contributed by atoms with Crippen LogP contribution in [-0.2, 0) is 6.61 Å². The zero-order valence-corrected chi connectivity index (χ0v) is 11.6. The minimum atomic E-state index is 0.298. The van der Waals surface area contributed by atoms with E-state index in [4.69, 9.17) is 9.47 Å². The maximum Gasteiger partial charge on any atom is 0.172 e. The van der Waals surface area contributed by atoms with Crippen LogP contribution >= 0.6 is 0 Å². The Morgan fingerprint density at radius 2 is 1.95 bits per heavy atom. The number of carbonyl (C=O) groups excluding carboxylic acids is 1. The number of pyridine rings is 1. The number of rotatable bonds is 6. The Morgan fingerprint density at radius 1 is 1.15 bits per heavy atom. The highest BCUT2D eigenvalue weighted by Crippen LogP contribution is 2.31. The largest absolute Gasteiger partial charge is 0.490 e. The summed E-state index contributed by atoms with van der Waals surface area (Å²) < 4.78 is 11.2. The van der Waals surface area contributed by atoms with Crippen molar-refractivity contribution in [2.75, 3.05) is 6.61 Å². The maximum absolute atomic E-state index is 11.1. The summed E-state index contributed by atoms with van der Waals surface area (Å²) >= 11 is 0. The average Bonchev–Trinajstić information content (AvgIpc) is 2.46. The van der Waals surface area contributed by atoms with E-state index < -0.39 is 0 Å². The van der Waals surface area contributed by atoms with E-state index in [0.29, 0.717) is 30.3 Å². The Hall–Kier alpha value is -2.36. The Bertz CT molecular complexity index is 596. The molecule has 0 saturated carbocycles. The third-order valence-corrected chi connectivity index (χ3v) is 2.75. The lowest BCUT2D eigenvalue weighted by Gasteiger charge is -2.13. The minimum Gasteiger partial charge on any atom is -0.490 e. The molecule has 0 fully saturated rings. The molecule has 0 amide bonds. The minimum absolute atomic E-state index is 0.298. The first-order valence-corrected chi connectivity index (χ1v) is 6.51. The van der Waals surface area contributed by atoms with Crippen molar-refractivity contribution in [1.82, 2.24) is 4.98 Å². The molecule has 4 heteroatoms. The number of benzene rings is 1. The molecule has 0 N–H and O–H groups in total. The van der Waals surface area contributed by atoms with Gasteiger partial charge in [-0.1, -0.05) is 12.1 Å². The number of carbonyl (C=O) groups is 1. The van der Waals surface area contributed by atoms with E-state index in [1.807, 2.05) is 32.0 Å². The lowest BCUT2D eigenvalue weighted by molar-refractivity contribution is 0.111. The number of para-hydroxylation sites is 1. The second-order valence-corrected chi connectivity index (χ2v) is 4.28. The van der Waals surface area contributed by atoms with Crippen molar-refractivity contribution in [2.45, 2.75) is 20.5 Å². The lowest BCUT2D eigenvalue weighted by Crippen LogP contribution is -2.03. The van der Waals surface area contributed by atoms with Crippen molar-refractivity contribution in [3.05, 3.63) is 53.3 Å². The number of nitrogens with zero attached hydrogens (tertiary/aromatic N) is 1. The van der Waals surface area contributed by atoms with Crippen molar-refractivity contribution >= 4 is 6.29 Å². The van der Waals surface area contributed by atoms with Gasteiger partial charge in [-0.05, 0) is 38.1 Å². The van der Waals surface area contributed by atoms with Gasteiger partial charge in [-0.3, -0.25) is 9.78 Å². The summed E-state index contributed by atoms with van der Waals surface area (Å²) in [5, 5.41) is 0. The van der Waals surface area contributed by atoms with Gasteiger partial charge in [0.25, 0.3) is 0 Å². The molecule has 1 aromatic carbocycles. The summed E-state index contributed by atoms with van der Waals surface area (Å²) in [4.78, 5) is 15.5. The van der Waals surface area contributed by atoms with Gasteiger partial charge in [-0.15, -0.1) is 0 Å². The molecular weight excluding hydrogens is 254 g/mol. The van der Waals surface area contributed by atoms with Crippen LogP contribution in [0.2, 0.25) is 0 Å². The smallest absolute Gasteiger partial charge is 0.172 e. The predicted octanol–water partition coefficient (Wildman–Crippen LogP) is 3.18. The van der Waals surface area contributed by atoms with Crippen molar-refractivity contribution in [1.29, 1.82) is 0 Å². The number of hydrogen-bond acceptors (Lipinski definition) is 4. The highest BCUT2D eigenvalue weighted by molar-refractivity contribution is 5.81. The molecule has 0 unspecified atom stereocenters. The second kappa shape index (κ2) is 6.70. The van der Waals surface area contributed by atoms with Crippen LogP contribution < -0.4 is 9.47 Å². The van der Waals surface area contributed by atoms with Crippen LogP contribution in [-0.4, -0.2) is 17.9 Å². The molecule has 0 spiro atoms. The Labute approximate surface area is 118 Å². The summed E-state index contributed by atoms with van der Waals surface area (Å²) in [5.41, 5.74) is 2.22. The van der Waals surface area contributed by atoms with E-state index in [9.17, 15) is 4.79 Å². The molecule has 0 aliphatic carbocycles. The first kappa shape index (κ1) is 14.1. The van der Waals surface area contributed by atoms with Crippen LogP contribution in [0.25, 0.3) is 0 Å². The fourth-order valence-corrected chi connectivity index (χ4v) is 1.88. The molecule has 104 valence electrons. The molecule has 20 heavy (non-hydrogen) atoms. The van der Waals surface area contributed by atoms with E-state index in [1.54, 1.807) is 18.2 Å². The zero-order chi connectivity index (χ0) is 14.4. The third-order valence-electron chi connectivity index (χ3n) is 2.75. The van der Waals surface area contributed by atoms with Gasteiger partial charge < -0.3 is 9.47 Å². The van der Waals surface area contributed by atoms with Crippen molar-refractivity contribution in [3.8, 4) is 11.5 Å². The lowest BCUT2D eigenvalue weighted by atomic mass is 10.2. The highest BCUT2D eigenvalue weighted by Gasteiger charge is 2.11. The quantitative estimate of drug-likeness (QED) is 0.757. The molecule has 4 nitrogen and oxygen atoms in total. The number of aryl methyl sites for hydroxylation is 1. The Morgan fingerprint density at radius 3 is 2.65 bits per heavy atom. The van der Waals surface area contributed by atoms with Crippen molar-refractivity contribution < 1.29 is 14.3 Å². The molecule has 0 atom stereocenters. The predicted molar refractivity (Wildman–Crippen MR) is 76.3 cm³/mol. The normalized spacial score (nSPS) is 10.1. The standard InChI is InChI=1S/C16H17NO3/c1-3-19-15-9-5-7-13(10-18)16(15)20-11-14-8-4-6-12(2)17-14/h4-10H,3,11H2,1-2H3. The molecule has 2 rings (SSSR count). The van der Waals surface area contributed by atoms with E-state index in [2.05, 4.69) is 4.98 Å². The third kappa shape index (κ3) is 3.35. The van der Waals surface area contributed by atoms with E-state index in [-0.39, 0.29) is 0 Å². The molecule has 2 aromatic rings. The first-order chi connectivity index (χ1) is 9.74. The van der Waals surface area contributed by atoms with Crippen molar-refractivity contribution in [3.63, 3.8) is 0 Å². The summed E-state index contributed by atoms with van der Waals surface area (Å²) in [5.74, 6) is 1.04. The van der Waals surface area contributed by atoms with Crippen LogP contribution in [0.15, 0.2) is 36.4 Å². The average molecular weight is 271 g/mol. The van der Waals surface area contributed by atoms with Gasteiger partial charge in [-0.2, -0.15) is 0 Å². The van der Waals surface area contributed by atoms with Gasteiger partial charge in [0.1, 0.15) is 6.61 Å². The van der Waals surface area contributed by atoms with Gasteiger partial charge in [-0.25, -0.2) is 0 Å². The Kier molecular flexibility index (Phi) is 4.71. The van der Waals surface area contributed by atoms with Gasteiger partial charge >= 0.3 is 0 Å². The fraction of sp³-hybridized carbons (Fsp3) is 0.250. The Balaban J connectivity index is 2.21. The molecule has 0 aliphatic rings. The van der Waals surface area contributed by atoms with Crippen LogP contribution in [0, 0.1) is 6.92 Å². The topological polar surface area (TPSA) is 48.4 Å². The SMILES string of the molecule is CCOc1cccc(C=O)c1OCc1cccc(C)n1. The summed E-state index contributed by atoms with van der Waals surface area (Å²) in [7, 11) is 0. The van der Waals surface area contributed by atoms with E-state index in [0.717, 1.165) is 17.7 Å². The van der Waals surface area contributed by atoms with Crippen LogP contribution in [0.3, 0.4) is 0 Å². The van der Waals surface area contributed by atoms with Gasteiger partial charge in [0.05, 0.1) is 17.9 Å². The number of aromatic nitrogens is 1. The summed E-state index contributed by atoms with van der Waals surface area (Å²) in [6, 6.07) is 11.0. The maximum atomic E-state index is 11.1. The number of hydrogen-bond donors (Lipinski definition) is 0. The first-order valence-electron chi connectivity index (χ1n) is 6.51. The van der Waals surface area contributed by atoms with Crippen LogP contribution in [0.5, 0.6) is 11.5 Å². The molecule has 0 aliphatic heterocycles. The molecule has 0 radical (unpaired) electrons. The van der Waals surface area contributed by atoms with Crippen molar-refractivity contribution in [2.24, 2.45) is 0 Å². The fourth-order valence-electron chi connectivity index (χ4n) is 1.88. The van der Waals surface area contributed by atoms with Gasteiger partial charge in [0.15, 0.2) is 17.8 Å². The highest BCUT2D eigenvalue weighted by atomic mass is 16.5. The van der Waals surface area contributed by atoms with E-state index in [1.165, 1.54) is 0 Å². The number of aldehydes is 1. The number of ether oxygens (including phenoxy) is 2. The van der Waals surface area contributed by atoms with Crippen LogP contribution in [0.4, 0.5) is 0 Å². The molecule has 1 aromatic heterocycles. The zero-order valence-electron chi connectivity index (χ0n) is 11.6.